The van der Waals surface area contributed by atoms with Crippen LogP contribution in [0.1, 0.15) is 18.9 Å². The molecule has 0 radical (unpaired) electrons. The minimum atomic E-state index is -0.880. The number of nitriles is 1. The maximum Gasteiger partial charge on any atom is 0.331 e. The van der Waals surface area contributed by atoms with E-state index in [4.69, 9.17) is 10.00 Å². The second-order valence-electron chi connectivity index (χ2n) is 4.85. The van der Waals surface area contributed by atoms with Gasteiger partial charge in [0.2, 0.25) is 0 Å². The van der Waals surface area contributed by atoms with Gasteiger partial charge in [0.15, 0.2) is 6.10 Å². The number of amides is 1. The van der Waals surface area contributed by atoms with Crippen molar-refractivity contribution in [2.45, 2.75) is 24.3 Å². The fourth-order valence-electron chi connectivity index (χ4n) is 1.78. The first-order valence-electron chi connectivity index (χ1n) is 7.12. The van der Waals surface area contributed by atoms with E-state index in [1.165, 1.54) is 17.9 Å². The average molecular weight is 332 g/mol. The van der Waals surface area contributed by atoms with Crippen molar-refractivity contribution in [2.24, 2.45) is 0 Å². The summed E-state index contributed by atoms with van der Waals surface area (Å²) in [6, 6.07) is 9.70. The van der Waals surface area contributed by atoms with E-state index in [2.05, 4.69) is 0 Å². The summed E-state index contributed by atoms with van der Waals surface area (Å²) in [7, 11) is 1.58. The summed E-state index contributed by atoms with van der Waals surface area (Å²) in [6.45, 7) is 1.83. The zero-order valence-electron chi connectivity index (χ0n) is 13.5. The van der Waals surface area contributed by atoms with E-state index >= 15 is 0 Å². The van der Waals surface area contributed by atoms with E-state index in [1.807, 2.05) is 36.6 Å². The summed E-state index contributed by atoms with van der Waals surface area (Å²) in [5, 5.41) is 8.51. The molecule has 0 heterocycles. The van der Waals surface area contributed by atoms with E-state index in [1.54, 1.807) is 24.9 Å². The van der Waals surface area contributed by atoms with E-state index in [0.717, 1.165) is 10.5 Å². The number of nitrogens with zero attached hydrogens (tertiary/aromatic N) is 2. The molecular weight excluding hydrogens is 312 g/mol. The standard InChI is InChI=1S/C17H20N2O3S/c1-13(17(21)19(2)12-4-11-18)22-16(20)10-7-14-5-8-15(23-3)9-6-14/h5-10,13H,4,12H2,1-3H3/b10-7+/t13-/m1/s1. The van der Waals surface area contributed by atoms with Crippen molar-refractivity contribution in [1.82, 2.24) is 4.90 Å². The Labute approximate surface area is 140 Å². The minimum absolute atomic E-state index is 0.245. The quantitative estimate of drug-likeness (QED) is 0.436. The minimum Gasteiger partial charge on any atom is -0.449 e. The Morgan fingerprint density at radius 1 is 1.39 bits per heavy atom. The van der Waals surface area contributed by atoms with Gasteiger partial charge >= 0.3 is 5.97 Å². The smallest absolute Gasteiger partial charge is 0.331 e. The van der Waals surface area contributed by atoms with Gasteiger partial charge in [-0.3, -0.25) is 4.79 Å². The van der Waals surface area contributed by atoms with Crippen molar-refractivity contribution in [3.05, 3.63) is 35.9 Å². The zero-order valence-corrected chi connectivity index (χ0v) is 14.3. The maximum absolute atomic E-state index is 11.9. The van der Waals surface area contributed by atoms with Crippen LogP contribution in [0.25, 0.3) is 6.08 Å². The van der Waals surface area contributed by atoms with E-state index in [9.17, 15) is 9.59 Å². The van der Waals surface area contributed by atoms with E-state index in [-0.39, 0.29) is 12.3 Å². The van der Waals surface area contributed by atoms with Gasteiger partial charge < -0.3 is 9.64 Å². The van der Waals surface area contributed by atoms with Crippen LogP contribution in [0.5, 0.6) is 0 Å². The lowest BCUT2D eigenvalue weighted by Crippen LogP contribution is -2.37. The average Bonchev–Trinajstić information content (AvgIpc) is 2.57. The monoisotopic (exact) mass is 332 g/mol. The van der Waals surface area contributed by atoms with Gasteiger partial charge in [0, 0.05) is 24.6 Å². The largest absolute Gasteiger partial charge is 0.449 e. The molecule has 0 saturated heterocycles. The lowest BCUT2D eigenvalue weighted by atomic mass is 10.2. The molecule has 0 spiro atoms. The predicted molar refractivity (Wildman–Crippen MR) is 90.7 cm³/mol. The van der Waals surface area contributed by atoms with Crippen molar-refractivity contribution >= 4 is 29.7 Å². The van der Waals surface area contributed by atoms with Gasteiger partial charge in [0.05, 0.1) is 12.5 Å². The number of carbonyl (C=O) groups is 2. The Balaban J connectivity index is 2.52. The second-order valence-corrected chi connectivity index (χ2v) is 5.73. The third kappa shape index (κ3) is 6.57. The SMILES string of the molecule is CSc1ccc(/C=C/C(=O)O[C@H](C)C(=O)N(C)CCC#N)cc1. The summed E-state index contributed by atoms with van der Waals surface area (Å²) >= 11 is 1.64. The molecule has 1 rings (SSSR count). The summed E-state index contributed by atoms with van der Waals surface area (Å²) in [5.74, 6) is -0.903. The van der Waals surface area contributed by atoms with Gasteiger partial charge in [-0.05, 0) is 37.0 Å². The Morgan fingerprint density at radius 2 is 2.04 bits per heavy atom. The Bertz CT molecular complexity index is 605. The molecule has 23 heavy (non-hydrogen) atoms. The molecule has 0 aliphatic rings. The molecule has 0 N–H and O–H groups in total. The molecule has 6 heteroatoms. The fraction of sp³-hybridized carbons (Fsp3) is 0.353. The molecule has 0 bridgehead atoms. The third-order valence-electron chi connectivity index (χ3n) is 3.10. The van der Waals surface area contributed by atoms with E-state index in [0.29, 0.717) is 6.54 Å². The highest BCUT2D eigenvalue weighted by Crippen LogP contribution is 2.15. The lowest BCUT2D eigenvalue weighted by molar-refractivity contribution is -0.154. The van der Waals surface area contributed by atoms with Crippen LogP contribution in [-0.2, 0) is 14.3 Å². The van der Waals surface area contributed by atoms with Crippen LogP contribution < -0.4 is 0 Å². The highest BCUT2D eigenvalue weighted by molar-refractivity contribution is 7.98. The second kappa shape index (κ2) is 9.70. The Morgan fingerprint density at radius 3 is 2.61 bits per heavy atom. The van der Waals surface area contributed by atoms with Gasteiger partial charge in [-0.1, -0.05) is 12.1 Å². The normalized spacial score (nSPS) is 11.7. The van der Waals surface area contributed by atoms with Gasteiger partial charge in [-0.25, -0.2) is 4.79 Å². The summed E-state index contributed by atoms with van der Waals surface area (Å²) in [4.78, 5) is 26.2. The summed E-state index contributed by atoms with van der Waals surface area (Å²) < 4.78 is 5.08. The number of likely N-dealkylation sites (N-methyl/N-ethyl adjacent to an activating group) is 1. The molecule has 5 nitrogen and oxygen atoms in total. The molecular formula is C17H20N2O3S. The van der Waals surface area contributed by atoms with Crippen LogP contribution in [0, 0.1) is 11.3 Å². The number of hydrogen-bond donors (Lipinski definition) is 0. The Hall–Kier alpha value is -2.26. The topological polar surface area (TPSA) is 70.4 Å². The highest BCUT2D eigenvalue weighted by atomic mass is 32.2. The van der Waals surface area contributed by atoms with Crippen molar-refractivity contribution in [3.63, 3.8) is 0 Å². The molecule has 0 aliphatic heterocycles. The van der Waals surface area contributed by atoms with E-state index < -0.39 is 12.1 Å². The van der Waals surface area contributed by atoms with Crippen LogP contribution in [0.2, 0.25) is 0 Å². The number of carbonyl (C=O) groups excluding carboxylic acids is 2. The molecule has 1 aromatic carbocycles. The van der Waals surface area contributed by atoms with Gasteiger partial charge in [-0.15, -0.1) is 11.8 Å². The third-order valence-corrected chi connectivity index (χ3v) is 3.85. The van der Waals surface area contributed by atoms with Crippen molar-refractivity contribution in [3.8, 4) is 6.07 Å². The van der Waals surface area contributed by atoms with Crippen molar-refractivity contribution in [2.75, 3.05) is 19.8 Å². The molecule has 0 unspecified atom stereocenters. The molecule has 0 aromatic heterocycles. The number of esters is 1. The number of ether oxygens (including phenoxy) is 1. The summed E-state index contributed by atoms with van der Waals surface area (Å²) in [6.07, 6.45) is 4.30. The molecule has 0 aliphatic carbocycles. The molecule has 1 atom stereocenters. The zero-order chi connectivity index (χ0) is 17.2. The number of hydrogen-bond acceptors (Lipinski definition) is 5. The number of rotatable bonds is 7. The molecule has 1 aromatic rings. The first-order valence-corrected chi connectivity index (χ1v) is 8.35. The Kier molecular flexibility index (Phi) is 7.92. The van der Waals surface area contributed by atoms with Crippen LogP contribution >= 0.6 is 11.8 Å². The van der Waals surface area contributed by atoms with Crippen LogP contribution in [0.4, 0.5) is 0 Å². The van der Waals surface area contributed by atoms with Gasteiger partial charge in [0.25, 0.3) is 5.91 Å². The first-order chi connectivity index (χ1) is 11.0. The molecule has 1 amide bonds. The lowest BCUT2D eigenvalue weighted by Gasteiger charge is -2.19. The van der Waals surface area contributed by atoms with Crippen LogP contribution in [-0.4, -0.2) is 42.7 Å². The summed E-state index contributed by atoms with van der Waals surface area (Å²) in [5.41, 5.74) is 0.880. The molecule has 0 saturated carbocycles. The number of benzene rings is 1. The van der Waals surface area contributed by atoms with Crippen LogP contribution in [0.3, 0.4) is 0 Å². The predicted octanol–water partition coefficient (Wildman–Crippen LogP) is 2.73. The number of thioether (sulfide) groups is 1. The van der Waals surface area contributed by atoms with Crippen molar-refractivity contribution in [1.29, 1.82) is 5.26 Å². The van der Waals surface area contributed by atoms with Crippen LogP contribution in [0.15, 0.2) is 35.2 Å². The molecule has 0 fully saturated rings. The maximum atomic E-state index is 11.9. The fourth-order valence-corrected chi connectivity index (χ4v) is 2.19. The van der Waals surface area contributed by atoms with Gasteiger partial charge in [-0.2, -0.15) is 5.26 Å². The van der Waals surface area contributed by atoms with Gasteiger partial charge in [0.1, 0.15) is 0 Å². The first kappa shape index (κ1) is 18.8. The van der Waals surface area contributed by atoms with Crippen molar-refractivity contribution < 1.29 is 14.3 Å². The highest BCUT2D eigenvalue weighted by Gasteiger charge is 2.20. The molecule has 122 valence electrons.